The van der Waals surface area contributed by atoms with Crippen molar-refractivity contribution >= 4 is 0 Å². The molecule has 2 atom stereocenters. The van der Waals surface area contributed by atoms with Gasteiger partial charge in [0.1, 0.15) is 0 Å². The van der Waals surface area contributed by atoms with Crippen LogP contribution in [0, 0.1) is 5.92 Å². The fourth-order valence-corrected chi connectivity index (χ4v) is 3.50. The molecule has 17 heavy (non-hydrogen) atoms. The van der Waals surface area contributed by atoms with E-state index in [0.29, 0.717) is 6.04 Å². The van der Waals surface area contributed by atoms with Gasteiger partial charge in [-0.1, -0.05) is 37.1 Å². The van der Waals surface area contributed by atoms with Gasteiger partial charge in [-0.05, 0) is 43.2 Å². The minimum Gasteiger partial charge on any atom is -0.313 e. The standard InChI is InChI=1S/C16H23N/c1-12(13-6-2-3-7-13)17-11-15-10-14-8-4-5-9-16(14)15/h4-5,8-9,12-13,15,17H,2-3,6-7,10-11H2,1H3/t12-,15?/m0/s1. The number of nitrogens with one attached hydrogen (secondary N) is 1. The molecule has 2 aliphatic rings. The van der Waals surface area contributed by atoms with Crippen molar-refractivity contribution in [3.05, 3.63) is 35.4 Å². The maximum absolute atomic E-state index is 3.77. The Kier molecular flexibility index (Phi) is 3.19. The topological polar surface area (TPSA) is 12.0 Å². The predicted octanol–water partition coefficient (Wildman–Crippen LogP) is 3.49. The van der Waals surface area contributed by atoms with E-state index in [1.165, 1.54) is 38.6 Å². The van der Waals surface area contributed by atoms with Gasteiger partial charge in [-0.15, -0.1) is 0 Å². The highest BCUT2D eigenvalue weighted by Gasteiger charge is 2.27. The Hall–Kier alpha value is -0.820. The first kappa shape index (κ1) is 11.3. The normalized spacial score (nSPS) is 25.4. The van der Waals surface area contributed by atoms with Crippen LogP contribution < -0.4 is 5.32 Å². The number of benzene rings is 1. The second-order valence-electron chi connectivity index (χ2n) is 5.84. The molecule has 1 nitrogen and oxygen atoms in total. The number of hydrogen-bond donors (Lipinski definition) is 1. The van der Waals surface area contributed by atoms with Gasteiger partial charge in [0.25, 0.3) is 0 Å². The van der Waals surface area contributed by atoms with Crippen molar-refractivity contribution in [3.63, 3.8) is 0 Å². The third-order valence-electron chi connectivity index (χ3n) is 4.75. The average molecular weight is 229 g/mol. The lowest BCUT2D eigenvalue weighted by molar-refractivity contribution is 0.365. The van der Waals surface area contributed by atoms with E-state index in [-0.39, 0.29) is 0 Å². The fraction of sp³-hybridized carbons (Fsp3) is 0.625. The summed E-state index contributed by atoms with van der Waals surface area (Å²) >= 11 is 0. The first-order chi connectivity index (χ1) is 8.34. The van der Waals surface area contributed by atoms with E-state index in [0.717, 1.165) is 11.8 Å². The Morgan fingerprint density at radius 1 is 1.24 bits per heavy atom. The van der Waals surface area contributed by atoms with E-state index in [4.69, 9.17) is 0 Å². The zero-order valence-corrected chi connectivity index (χ0v) is 10.8. The zero-order valence-electron chi connectivity index (χ0n) is 10.8. The molecule has 0 saturated heterocycles. The van der Waals surface area contributed by atoms with Crippen LogP contribution in [-0.4, -0.2) is 12.6 Å². The van der Waals surface area contributed by atoms with Crippen LogP contribution in [-0.2, 0) is 6.42 Å². The fourth-order valence-electron chi connectivity index (χ4n) is 3.50. The smallest absolute Gasteiger partial charge is 0.00672 e. The van der Waals surface area contributed by atoms with Gasteiger partial charge in [0.2, 0.25) is 0 Å². The predicted molar refractivity (Wildman–Crippen MR) is 72.3 cm³/mol. The van der Waals surface area contributed by atoms with Crippen molar-refractivity contribution in [2.75, 3.05) is 6.54 Å². The van der Waals surface area contributed by atoms with E-state index in [2.05, 4.69) is 36.5 Å². The molecule has 2 aliphatic carbocycles. The van der Waals surface area contributed by atoms with Gasteiger partial charge in [0, 0.05) is 18.5 Å². The Morgan fingerprint density at radius 3 is 2.76 bits per heavy atom. The van der Waals surface area contributed by atoms with E-state index in [1.54, 1.807) is 11.1 Å². The lowest BCUT2D eigenvalue weighted by Crippen LogP contribution is -2.37. The van der Waals surface area contributed by atoms with Gasteiger partial charge in [-0.25, -0.2) is 0 Å². The Bertz CT molecular complexity index is 379. The largest absolute Gasteiger partial charge is 0.313 e. The molecule has 0 radical (unpaired) electrons. The van der Waals surface area contributed by atoms with E-state index >= 15 is 0 Å². The summed E-state index contributed by atoms with van der Waals surface area (Å²) in [5, 5.41) is 3.77. The minimum absolute atomic E-state index is 0.713. The van der Waals surface area contributed by atoms with Crippen LogP contribution in [0.2, 0.25) is 0 Å². The highest BCUT2D eigenvalue weighted by Crippen LogP contribution is 2.34. The van der Waals surface area contributed by atoms with E-state index < -0.39 is 0 Å². The summed E-state index contributed by atoms with van der Waals surface area (Å²) in [5.74, 6) is 1.71. The molecule has 1 unspecified atom stereocenters. The molecule has 0 bridgehead atoms. The van der Waals surface area contributed by atoms with Crippen LogP contribution in [0.1, 0.15) is 49.7 Å². The SMILES string of the molecule is C[C@H](NCC1Cc2ccccc21)C1CCCC1. The summed E-state index contributed by atoms with van der Waals surface area (Å²) in [6.45, 7) is 3.55. The van der Waals surface area contributed by atoms with Gasteiger partial charge in [0.05, 0.1) is 0 Å². The summed E-state index contributed by atoms with van der Waals surface area (Å²) in [5.41, 5.74) is 3.14. The lowest BCUT2D eigenvalue weighted by atomic mass is 9.77. The third kappa shape index (κ3) is 2.26. The quantitative estimate of drug-likeness (QED) is 0.833. The van der Waals surface area contributed by atoms with Gasteiger partial charge >= 0.3 is 0 Å². The molecule has 3 rings (SSSR count). The van der Waals surface area contributed by atoms with Gasteiger partial charge < -0.3 is 5.32 Å². The molecular formula is C16H23N. The molecule has 0 spiro atoms. The van der Waals surface area contributed by atoms with Crippen molar-refractivity contribution in [2.24, 2.45) is 5.92 Å². The summed E-state index contributed by atoms with van der Waals surface area (Å²) < 4.78 is 0. The highest BCUT2D eigenvalue weighted by atomic mass is 14.9. The molecule has 1 N–H and O–H groups in total. The number of rotatable bonds is 4. The molecule has 0 aromatic heterocycles. The Labute approximate surface area is 105 Å². The van der Waals surface area contributed by atoms with E-state index in [9.17, 15) is 0 Å². The van der Waals surface area contributed by atoms with Crippen molar-refractivity contribution in [3.8, 4) is 0 Å². The second-order valence-corrected chi connectivity index (χ2v) is 5.84. The Balaban J connectivity index is 1.50. The molecule has 92 valence electrons. The van der Waals surface area contributed by atoms with Crippen molar-refractivity contribution in [2.45, 2.75) is 51.0 Å². The summed E-state index contributed by atoms with van der Waals surface area (Å²) in [7, 11) is 0. The van der Waals surface area contributed by atoms with Crippen LogP contribution in [0.3, 0.4) is 0 Å². The van der Waals surface area contributed by atoms with Crippen molar-refractivity contribution in [1.29, 1.82) is 0 Å². The number of hydrogen-bond acceptors (Lipinski definition) is 1. The Morgan fingerprint density at radius 2 is 2.00 bits per heavy atom. The van der Waals surface area contributed by atoms with Crippen molar-refractivity contribution < 1.29 is 0 Å². The van der Waals surface area contributed by atoms with Gasteiger partial charge in [-0.3, -0.25) is 0 Å². The zero-order chi connectivity index (χ0) is 11.7. The minimum atomic E-state index is 0.713. The van der Waals surface area contributed by atoms with Crippen molar-refractivity contribution in [1.82, 2.24) is 5.32 Å². The van der Waals surface area contributed by atoms with Gasteiger partial charge in [-0.2, -0.15) is 0 Å². The molecule has 1 saturated carbocycles. The average Bonchev–Trinajstić information content (AvgIpc) is 2.83. The second kappa shape index (κ2) is 4.81. The summed E-state index contributed by atoms with van der Waals surface area (Å²) in [4.78, 5) is 0. The molecule has 1 fully saturated rings. The van der Waals surface area contributed by atoms with Crippen LogP contribution in [0.25, 0.3) is 0 Å². The van der Waals surface area contributed by atoms with Gasteiger partial charge in [0.15, 0.2) is 0 Å². The molecule has 1 heteroatoms. The maximum atomic E-state index is 3.77. The third-order valence-corrected chi connectivity index (χ3v) is 4.75. The number of fused-ring (bicyclic) bond motifs is 1. The highest BCUT2D eigenvalue weighted by molar-refractivity contribution is 5.40. The lowest BCUT2D eigenvalue weighted by Gasteiger charge is -2.32. The monoisotopic (exact) mass is 229 g/mol. The van der Waals surface area contributed by atoms with E-state index in [1.807, 2.05) is 0 Å². The molecule has 0 amide bonds. The molecular weight excluding hydrogens is 206 g/mol. The first-order valence-electron chi connectivity index (χ1n) is 7.16. The maximum Gasteiger partial charge on any atom is 0.00672 e. The van der Waals surface area contributed by atoms with Crippen LogP contribution >= 0.6 is 0 Å². The molecule has 0 aliphatic heterocycles. The van der Waals surface area contributed by atoms with Crippen LogP contribution in [0.5, 0.6) is 0 Å². The summed E-state index contributed by atoms with van der Waals surface area (Å²) in [6.07, 6.45) is 7.05. The first-order valence-corrected chi connectivity index (χ1v) is 7.16. The molecule has 1 aromatic carbocycles. The molecule has 0 heterocycles. The summed E-state index contributed by atoms with van der Waals surface area (Å²) in [6, 6.07) is 9.61. The van der Waals surface area contributed by atoms with Crippen LogP contribution in [0.4, 0.5) is 0 Å². The molecule has 1 aromatic rings. The van der Waals surface area contributed by atoms with Crippen LogP contribution in [0.15, 0.2) is 24.3 Å².